The van der Waals surface area contributed by atoms with Crippen molar-refractivity contribution in [2.75, 3.05) is 0 Å². The number of nitrogens with zero attached hydrogens (tertiary/aromatic N) is 2. The minimum atomic E-state index is 0.0353. The summed E-state index contributed by atoms with van der Waals surface area (Å²) in [7, 11) is 0. The highest BCUT2D eigenvalue weighted by Gasteiger charge is 2.17. The topological polar surface area (TPSA) is 17.8 Å². The van der Waals surface area contributed by atoms with Gasteiger partial charge in [-0.2, -0.15) is 5.10 Å². The molecule has 1 unspecified atom stereocenters. The molecule has 19 heavy (non-hydrogen) atoms. The third-order valence-corrected chi connectivity index (χ3v) is 4.09. The average molecular weight is 297 g/mol. The van der Waals surface area contributed by atoms with Gasteiger partial charge in [-0.25, -0.2) is 0 Å². The molecule has 1 atom stereocenters. The van der Waals surface area contributed by atoms with Crippen LogP contribution in [0.1, 0.15) is 41.2 Å². The van der Waals surface area contributed by atoms with E-state index in [2.05, 4.69) is 25.0 Å². The minimum absolute atomic E-state index is 0.0353. The number of halogens is 2. The molecular formula is C15H18Cl2N2. The van der Waals surface area contributed by atoms with Crippen molar-refractivity contribution < 1.29 is 0 Å². The van der Waals surface area contributed by atoms with Gasteiger partial charge >= 0.3 is 0 Å². The third kappa shape index (κ3) is 3.13. The first-order valence-electron chi connectivity index (χ1n) is 6.45. The van der Waals surface area contributed by atoms with Gasteiger partial charge in [0, 0.05) is 16.3 Å². The maximum Gasteiger partial charge on any atom is 0.0663 e. The van der Waals surface area contributed by atoms with E-state index in [4.69, 9.17) is 23.2 Å². The Labute approximate surface area is 124 Å². The van der Waals surface area contributed by atoms with Gasteiger partial charge in [-0.1, -0.05) is 30.7 Å². The van der Waals surface area contributed by atoms with Crippen LogP contribution in [-0.4, -0.2) is 9.78 Å². The molecule has 0 saturated carbocycles. The molecule has 2 rings (SSSR count). The van der Waals surface area contributed by atoms with Crippen molar-refractivity contribution in [1.82, 2.24) is 9.78 Å². The molecule has 0 N–H and O–H groups in total. The second-order valence-electron chi connectivity index (χ2n) is 4.75. The highest BCUT2D eigenvalue weighted by atomic mass is 35.5. The Morgan fingerprint density at radius 2 is 2.05 bits per heavy atom. The van der Waals surface area contributed by atoms with Crippen molar-refractivity contribution in [2.24, 2.45) is 0 Å². The van der Waals surface area contributed by atoms with Crippen LogP contribution in [0, 0.1) is 13.8 Å². The van der Waals surface area contributed by atoms with Crippen LogP contribution in [0.25, 0.3) is 0 Å². The molecule has 0 radical (unpaired) electrons. The van der Waals surface area contributed by atoms with Crippen LogP contribution in [0.5, 0.6) is 0 Å². The molecule has 2 aromatic rings. The maximum atomic E-state index is 6.37. The Hall–Kier alpha value is -0.990. The molecule has 0 spiro atoms. The van der Waals surface area contributed by atoms with E-state index in [1.807, 2.05) is 29.8 Å². The molecule has 0 aliphatic heterocycles. The van der Waals surface area contributed by atoms with Gasteiger partial charge in [-0.05, 0) is 38.0 Å². The van der Waals surface area contributed by atoms with Crippen molar-refractivity contribution >= 4 is 23.2 Å². The molecule has 0 fully saturated rings. The van der Waals surface area contributed by atoms with E-state index in [-0.39, 0.29) is 5.38 Å². The number of benzene rings is 1. The fraction of sp³-hybridized carbons (Fsp3) is 0.400. The summed E-state index contributed by atoms with van der Waals surface area (Å²) in [6.07, 6.45) is 0.909. The van der Waals surface area contributed by atoms with Gasteiger partial charge in [0.1, 0.15) is 0 Å². The zero-order valence-corrected chi connectivity index (χ0v) is 13.0. The smallest absolute Gasteiger partial charge is 0.0663 e. The van der Waals surface area contributed by atoms with Gasteiger partial charge in [0.05, 0.1) is 17.6 Å². The predicted molar refractivity (Wildman–Crippen MR) is 81.1 cm³/mol. The van der Waals surface area contributed by atoms with E-state index in [9.17, 15) is 0 Å². The summed E-state index contributed by atoms with van der Waals surface area (Å²) in [5.74, 6) is 0. The predicted octanol–water partition coefficient (Wildman–Crippen LogP) is 4.89. The number of aryl methyl sites for hydroxylation is 1. The van der Waals surface area contributed by atoms with Gasteiger partial charge in [0.15, 0.2) is 0 Å². The van der Waals surface area contributed by atoms with E-state index in [1.54, 1.807) is 0 Å². The van der Waals surface area contributed by atoms with Crippen molar-refractivity contribution in [1.29, 1.82) is 0 Å². The monoisotopic (exact) mass is 296 g/mol. The lowest BCUT2D eigenvalue weighted by Gasteiger charge is -2.09. The molecule has 2 nitrogen and oxygen atoms in total. The van der Waals surface area contributed by atoms with Crippen LogP contribution in [0.15, 0.2) is 24.3 Å². The highest BCUT2D eigenvalue weighted by Crippen LogP contribution is 2.29. The Kier molecular flexibility index (Phi) is 4.54. The van der Waals surface area contributed by atoms with E-state index in [1.165, 1.54) is 0 Å². The van der Waals surface area contributed by atoms with Crippen LogP contribution in [0.4, 0.5) is 0 Å². The minimum Gasteiger partial charge on any atom is -0.265 e. The van der Waals surface area contributed by atoms with Gasteiger partial charge in [-0.3, -0.25) is 4.68 Å². The van der Waals surface area contributed by atoms with E-state index >= 15 is 0 Å². The molecule has 0 aliphatic rings. The molecule has 0 saturated heterocycles. The van der Waals surface area contributed by atoms with E-state index in [0.29, 0.717) is 0 Å². The fourth-order valence-corrected chi connectivity index (χ4v) is 2.86. The summed E-state index contributed by atoms with van der Waals surface area (Å²) < 4.78 is 2.00. The molecule has 0 amide bonds. The van der Waals surface area contributed by atoms with Crippen molar-refractivity contribution in [2.45, 2.75) is 39.1 Å². The van der Waals surface area contributed by atoms with Crippen LogP contribution in [0.3, 0.4) is 0 Å². The summed E-state index contributed by atoms with van der Waals surface area (Å²) >= 11 is 12.4. The van der Waals surface area contributed by atoms with Gasteiger partial charge in [0.25, 0.3) is 0 Å². The Bertz CT molecular complexity index is 576. The molecule has 0 aliphatic carbocycles. The quantitative estimate of drug-likeness (QED) is 0.735. The van der Waals surface area contributed by atoms with E-state index < -0.39 is 0 Å². The number of aromatic nitrogens is 2. The molecule has 102 valence electrons. The lowest BCUT2D eigenvalue weighted by atomic mass is 10.1. The molecule has 4 heteroatoms. The summed E-state index contributed by atoms with van der Waals surface area (Å²) in [5, 5.41) is 5.38. The number of hydrogen-bond acceptors (Lipinski definition) is 1. The fourth-order valence-electron chi connectivity index (χ4n) is 2.33. The maximum absolute atomic E-state index is 6.37. The van der Waals surface area contributed by atoms with Crippen LogP contribution >= 0.6 is 23.2 Å². The Balaban J connectivity index is 2.32. The van der Waals surface area contributed by atoms with Crippen LogP contribution in [0.2, 0.25) is 5.02 Å². The van der Waals surface area contributed by atoms with Gasteiger partial charge in [-0.15, -0.1) is 11.6 Å². The second-order valence-corrected chi connectivity index (χ2v) is 5.71. The number of rotatable bonds is 4. The highest BCUT2D eigenvalue weighted by molar-refractivity contribution is 6.30. The first kappa shape index (κ1) is 14.4. The average Bonchev–Trinajstić information content (AvgIpc) is 2.64. The van der Waals surface area contributed by atoms with Crippen LogP contribution in [-0.2, 0) is 6.54 Å². The normalized spacial score (nSPS) is 12.7. The third-order valence-electron chi connectivity index (χ3n) is 3.33. The summed E-state index contributed by atoms with van der Waals surface area (Å²) in [5.41, 5.74) is 4.46. The SMILES string of the molecule is CCC(Cl)c1c(C)nn(Cc2cccc(Cl)c2)c1C. The molecule has 1 aromatic heterocycles. The first-order chi connectivity index (χ1) is 9.02. The summed E-state index contributed by atoms with van der Waals surface area (Å²) in [6.45, 7) is 6.90. The van der Waals surface area contributed by atoms with E-state index in [0.717, 1.165) is 40.5 Å². The lowest BCUT2D eigenvalue weighted by molar-refractivity contribution is 0.657. The molecular weight excluding hydrogens is 279 g/mol. The standard InChI is InChI=1S/C15H18Cl2N2/c1-4-14(17)15-10(2)18-19(11(15)3)9-12-6-5-7-13(16)8-12/h5-8,14H,4,9H2,1-3H3. The van der Waals surface area contributed by atoms with Crippen molar-refractivity contribution in [3.05, 3.63) is 51.8 Å². The Morgan fingerprint density at radius 3 is 2.68 bits per heavy atom. The van der Waals surface area contributed by atoms with Gasteiger partial charge < -0.3 is 0 Å². The number of alkyl halides is 1. The summed E-state index contributed by atoms with van der Waals surface area (Å²) in [4.78, 5) is 0. The molecule has 1 heterocycles. The summed E-state index contributed by atoms with van der Waals surface area (Å²) in [6, 6.07) is 7.86. The number of hydrogen-bond donors (Lipinski definition) is 0. The van der Waals surface area contributed by atoms with Gasteiger partial charge in [0.2, 0.25) is 0 Å². The zero-order valence-electron chi connectivity index (χ0n) is 11.5. The molecule has 0 bridgehead atoms. The van der Waals surface area contributed by atoms with Crippen LogP contribution < -0.4 is 0 Å². The Morgan fingerprint density at radius 1 is 1.32 bits per heavy atom. The largest absolute Gasteiger partial charge is 0.265 e. The van der Waals surface area contributed by atoms with Crippen molar-refractivity contribution in [3.63, 3.8) is 0 Å². The second kappa shape index (κ2) is 5.98. The lowest BCUT2D eigenvalue weighted by Crippen LogP contribution is -2.04. The zero-order chi connectivity index (χ0) is 14.0. The first-order valence-corrected chi connectivity index (χ1v) is 7.26. The van der Waals surface area contributed by atoms with Crippen molar-refractivity contribution in [3.8, 4) is 0 Å². The molecule has 1 aromatic carbocycles.